The number of hydrogen-bond donors (Lipinski definition) is 2. The maximum Gasteiger partial charge on any atom is 0.271 e. The Morgan fingerprint density at radius 1 is 1.41 bits per heavy atom. The number of non-ortho nitro benzene ring substituents is 1. The number of anilines is 1. The fourth-order valence-electron chi connectivity index (χ4n) is 1.43. The van der Waals surface area contributed by atoms with Gasteiger partial charge in [-0.05, 0) is 17.7 Å². The number of nitro benzene ring substituents is 1. The molecule has 0 fully saturated rings. The van der Waals surface area contributed by atoms with E-state index >= 15 is 0 Å². The van der Waals surface area contributed by atoms with Crippen LogP contribution in [0, 0.1) is 10.1 Å². The number of nitro groups is 1. The summed E-state index contributed by atoms with van der Waals surface area (Å²) < 4.78 is 0. The molecule has 0 saturated heterocycles. The summed E-state index contributed by atoms with van der Waals surface area (Å²) in [5.74, 6) is 0. The van der Waals surface area contributed by atoms with E-state index in [1.807, 2.05) is 18.5 Å². The van der Waals surface area contributed by atoms with Gasteiger partial charge in [0.2, 0.25) is 0 Å². The molecule has 5 nitrogen and oxygen atoms in total. The van der Waals surface area contributed by atoms with E-state index in [1.54, 1.807) is 6.07 Å². The molecule has 0 aliphatic carbocycles. The average Bonchev–Trinajstić information content (AvgIpc) is 2.80. The van der Waals surface area contributed by atoms with E-state index in [2.05, 4.69) is 10.3 Å². The molecular formula is C11H10ClN3O2. The predicted molar refractivity (Wildman–Crippen MR) is 66.2 cm³/mol. The zero-order valence-corrected chi connectivity index (χ0v) is 9.57. The Morgan fingerprint density at radius 2 is 2.24 bits per heavy atom. The molecule has 0 bridgehead atoms. The predicted octanol–water partition coefficient (Wildman–Crippen LogP) is 3.19. The van der Waals surface area contributed by atoms with Gasteiger partial charge in [-0.25, -0.2) is 0 Å². The Labute approximate surface area is 103 Å². The van der Waals surface area contributed by atoms with E-state index in [4.69, 9.17) is 11.6 Å². The summed E-state index contributed by atoms with van der Waals surface area (Å²) in [6.07, 6.45) is 3.70. The lowest BCUT2D eigenvalue weighted by Crippen LogP contribution is -1.99. The first kappa shape index (κ1) is 11.5. The van der Waals surface area contributed by atoms with Gasteiger partial charge in [0.05, 0.1) is 15.6 Å². The van der Waals surface area contributed by atoms with Crippen LogP contribution in [0.2, 0.25) is 5.02 Å². The fraction of sp³-hybridized carbons (Fsp3) is 0.0909. The molecular weight excluding hydrogens is 242 g/mol. The van der Waals surface area contributed by atoms with Crippen molar-refractivity contribution in [1.82, 2.24) is 4.98 Å². The van der Waals surface area contributed by atoms with Gasteiger partial charge in [0.25, 0.3) is 5.69 Å². The summed E-state index contributed by atoms with van der Waals surface area (Å²) in [6.45, 7) is 0.612. The van der Waals surface area contributed by atoms with Crippen LogP contribution in [-0.4, -0.2) is 9.91 Å². The first-order chi connectivity index (χ1) is 8.16. The van der Waals surface area contributed by atoms with Crippen molar-refractivity contribution in [3.8, 4) is 0 Å². The van der Waals surface area contributed by atoms with Gasteiger partial charge in [0.1, 0.15) is 0 Å². The Morgan fingerprint density at radius 3 is 2.82 bits per heavy atom. The lowest BCUT2D eigenvalue weighted by molar-refractivity contribution is -0.384. The molecule has 88 valence electrons. The minimum atomic E-state index is -0.470. The maximum atomic E-state index is 10.5. The van der Waals surface area contributed by atoms with Crippen molar-refractivity contribution in [2.24, 2.45) is 0 Å². The lowest BCUT2D eigenvalue weighted by atomic mass is 10.2. The van der Waals surface area contributed by atoms with E-state index in [9.17, 15) is 10.1 Å². The first-order valence-corrected chi connectivity index (χ1v) is 5.34. The standard InChI is InChI=1S/C11H10ClN3O2/c12-10-5-9(15(16)17)1-2-11(10)14-7-8-3-4-13-6-8/h1-6,13-14H,7H2. The van der Waals surface area contributed by atoms with Gasteiger partial charge < -0.3 is 10.3 Å². The van der Waals surface area contributed by atoms with Crippen LogP contribution in [0.5, 0.6) is 0 Å². The number of rotatable bonds is 4. The number of nitrogens with one attached hydrogen (secondary N) is 2. The first-order valence-electron chi connectivity index (χ1n) is 4.96. The molecule has 2 rings (SSSR count). The largest absolute Gasteiger partial charge is 0.380 e. The van der Waals surface area contributed by atoms with Crippen molar-refractivity contribution < 1.29 is 4.92 Å². The van der Waals surface area contributed by atoms with Crippen LogP contribution in [0.3, 0.4) is 0 Å². The van der Waals surface area contributed by atoms with Gasteiger partial charge in [-0.15, -0.1) is 0 Å². The summed E-state index contributed by atoms with van der Waals surface area (Å²) >= 11 is 5.94. The van der Waals surface area contributed by atoms with E-state index in [1.165, 1.54) is 12.1 Å². The van der Waals surface area contributed by atoms with Crippen molar-refractivity contribution >= 4 is 23.0 Å². The topological polar surface area (TPSA) is 71.0 Å². The number of nitrogens with zero attached hydrogens (tertiary/aromatic N) is 1. The number of halogens is 1. The molecule has 1 aromatic carbocycles. The average molecular weight is 252 g/mol. The molecule has 0 radical (unpaired) electrons. The highest BCUT2D eigenvalue weighted by molar-refractivity contribution is 6.33. The molecule has 0 atom stereocenters. The van der Waals surface area contributed by atoms with Crippen molar-refractivity contribution in [1.29, 1.82) is 0 Å². The van der Waals surface area contributed by atoms with Crippen LogP contribution in [-0.2, 0) is 6.54 Å². The summed E-state index contributed by atoms with van der Waals surface area (Å²) in [7, 11) is 0. The van der Waals surface area contributed by atoms with Gasteiger partial charge in [0, 0.05) is 31.1 Å². The van der Waals surface area contributed by atoms with Crippen molar-refractivity contribution in [3.05, 3.63) is 57.4 Å². The van der Waals surface area contributed by atoms with Gasteiger partial charge in [0.15, 0.2) is 0 Å². The highest BCUT2D eigenvalue weighted by Crippen LogP contribution is 2.26. The van der Waals surface area contributed by atoms with Crippen LogP contribution >= 0.6 is 11.6 Å². The Balaban J connectivity index is 2.09. The minimum absolute atomic E-state index is 0.0119. The number of aromatic nitrogens is 1. The number of benzene rings is 1. The van der Waals surface area contributed by atoms with Crippen LogP contribution in [0.4, 0.5) is 11.4 Å². The van der Waals surface area contributed by atoms with Gasteiger partial charge in [-0.2, -0.15) is 0 Å². The van der Waals surface area contributed by atoms with E-state index in [0.717, 1.165) is 5.56 Å². The van der Waals surface area contributed by atoms with Gasteiger partial charge in [-0.3, -0.25) is 10.1 Å². The van der Waals surface area contributed by atoms with Crippen molar-refractivity contribution in [3.63, 3.8) is 0 Å². The third-order valence-corrected chi connectivity index (χ3v) is 2.62. The third kappa shape index (κ3) is 2.76. The molecule has 2 aromatic rings. The Hall–Kier alpha value is -2.01. The lowest BCUT2D eigenvalue weighted by Gasteiger charge is -2.06. The van der Waals surface area contributed by atoms with Crippen LogP contribution < -0.4 is 5.32 Å². The molecule has 0 spiro atoms. The normalized spacial score (nSPS) is 10.2. The molecule has 6 heteroatoms. The quantitative estimate of drug-likeness (QED) is 0.648. The smallest absolute Gasteiger partial charge is 0.271 e. The molecule has 0 saturated carbocycles. The molecule has 0 amide bonds. The fourth-order valence-corrected chi connectivity index (χ4v) is 1.67. The highest BCUT2D eigenvalue weighted by atomic mass is 35.5. The van der Waals surface area contributed by atoms with Gasteiger partial charge >= 0.3 is 0 Å². The van der Waals surface area contributed by atoms with Crippen LogP contribution in [0.15, 0.2) is 36.7 Å². The SMILES string of the molecule is O=[N+]([O-])c1ccc(NCc2cc[nH]c2)c(Cl)c1. The van der Waals surface area contributed by atoms with Gasteiger partial charge in [-0.1, -0.05) is 11.6 Å². The molecule has 0 unspecified atom stereocenters. The zero-order chi connectivity index (χ0) is 12.3. The third-order valence-electron chi connectivity index (χ3n) is 2.31. The Bertz CT molecular complexity index is 526. The summed E-state index contributed by atoms with van der Waals surface area (Å²) in [5, 5.41) is 14.0. The second kappa shape index (κ2) is 4.88. The molecule has 17 heavy (non-hydrogen) atoms. The molecule has 0 aliphatic heterocycles. The summed E-state index contributed by atoms with van der Waals surface area (Å²) in [5.41, 5.74) is 1.75. The van der Waals surface area contributed by atoms with Crippen molar-refractivity contribution in [2.75, 3.05) is 5.32 Å². The van der Waals surface area contributed by atoms with E-state index in [-0.39, 0.29) is 5.69 Å². The summed E-state index contributed by atoms with van der Waals surface area (Å²) in [4.78, 5) is 13.0. The molecule has 1 aromatic heterocycles. The van der Waals surface area contributed by atoms with Crippen LogP contribution in [0.25, 0.3) is 0 Å². The monoisotopic (exact) mass is 251 g/mol. The van der Waals surface area contributed by atoms with Crippen LogP contribution in [0.1, 0.15) is 5.56 Å². The Kier molecular flexibility index (Phi) is 3.30. The summed E-state index contributed by atoms with van der Waals surface area (Å²) in [6, 6.07) is 6.30. The number of aromatic amines is 1. The zero-order valence-electron chi connectivity index (χ0n) is 8.81. The number of hydrogen-bond acceptors (Lipinski definition) is 3. The molecule has 1 heterocycles. The molecule has 0 aliphatic rings. The number of H-pyrrole nitrogens is 1. The van der Waals surface area contributed by atoms with E-state index in [0.29, 0.717) is 17.3 Å². The minimum Gasteiger partial charge on any atom is -0.380 e. The second-order valence-corrected chi connectivity index (χ2v) is 3.90. The van der Waals surface area contributed by atoms with E-state index < -0.39 is 4.92 Å². The second-order valence-electron chi connectivity index (χ2n) is 3.49. The maximum absolute atomic E-state index is 10.5. The van der Waals surface area contributed by atoms with Crippen molar-refractivity contribution in [2.45, 2.75) is 6.54 Å². The highest BCUT2D eigenvalue weighted by Gasteiger charge is 2.08. The molecule has 2 N–H and O–H groups in total.